The summed E-state index contributed by atoms with van der Waals surface area (Å²) >= 11 is 1.40. The molecule has 0 aliphatic rings. The van der Waals surface area contributed by atoms with Crippen molar-refractivity contribution in [2.75, 3.05) is 5.32 Å². The number of thiazole rings is 1. The Labute approximate surface area is 122 Å². The minimum absolute atomic E-state index is 0.0633. The molecule has 0 aliphatic heterocycles. The molecule has 1 heterocycles. The zero-order valence-corrected chi connectivity index (χ0v) is 11.6. The van der Waals surface area contributed by atoms with Crippen LogP contribution in [0, 0.1) is 22.9 Å². The molecule has 0 bridgehead atoms. The summed E-state index contributed by atoms with van der Waals surface area (Å²) in [4.78, 5) is 26.1. The molecule has 0 saturated heterocycles. The maximum atomic E-state index is 13.5. The molecule has 0 spiro atoms. The van der Waals surface area contributed by atoms with Gasteiger partial charge in [-0.1, -0.05) is 0 Å². The lowest BCUT2D eigenvalue weighted by Crippen LogP contribution is -2.07. The Morgan fingerprint density at radius 1 is 1.57 bits per heavy atom. The fourth-order valence-corrected chi connectivity index (χ4v) is 2.40. The maximum Gasteiger partial charge on any atom is 0.338 e. The van der Waals surface area contributed by atoms with E-state index in [9.17, 15) is 19.3 Å². The van der Waals surface area contributed by atoms with E-state index in [4.69, 9.17) is 5.11 Å². The Morgan fingerprint density at radius 3 is 2.81 bits per heavy atom. The van der Waals surface area contributed by atoms with E-state index in [1.54, 1.807) is 6.20 Å². The molecule has 0 radical (unpaired) electrons. The number of aryl methyl sites for hydroxylation is 1. The third kappa shape index (κ3) is 3.31. The quantitative estimate of drug-likeness (QED) is 0.649. The van der Waals surface area contributed by atoms with E-state index in [1.807, 2.05) is 6.92 Å². The zero-order valence-electron chi connectivity index (χ0n) is 10.8. The summed E-state index contributed by atoms with van der Waals surface area (Å²) in [7, 11) is 0. The van der Waals surface area contributed by atoms with Gasteiger partial charge < -0.3 is 10.4 Å². The Bertz CT molecular complexity index is 717. The third-order valence-corrected chi connectivity index (χ3v) is 3.52. The van der Waals surface area contributed by atoms with Crippen molar-refractivity contribution in [3.05, 3.63) is 49.7 Å². The van der Waals surface area contributed by atoms with Crippen molar-refractivity contribution >= 4 is 28.7 Å². The van der Waals surface area contributed by atoms with E-state index in [0.29, 0.717) is 11.1 Å². The van der Waals surface area contributed by atoms with Gasteiger partial charge in [0.2, 0.25) is 0 Å². The van der Waals surface area contributed by atoms with Crippen LogP contribution in [0.15, 0.2) is 18.3 Å². The highest BCUT2D eigenvalue weighted by molar-refractivity contribution is 7.11. The predicted molar refractivity (Wildman–Crippen MR) is 74.2 cm³/mol. The highest BCUT2D eigenvalue weighted by Gasteiger charge is 2.21. The highest BCUT2D eigenvalue weighted by atomic mass is 32.1. The number of anilines is 1. The molecule has 0 atom stereocenters. The van der Waals surface area contributed by atoms with E-state index in [1.165, 1.54) is 11.3 Å². The van der Waals surface area contributed by atoms with Gasteiger partial charge in [-0.25, -0.2) is 14.2 Å². The molecule has 9 heteroatoms. The summed E-state index contributed by atoms with van der Waals surface area (Å²) in [6.45, 7) is 2.05. The molecule has 2 N–H and O–H groups in total. The standard InChI is InChI=1S/C12H10FN3O4S/c1-6-4-15-11(21-6)5-14-9-2-7(12(17)18)8(13)3-10(9)16(19)20/h2-4,14H,5H2,1H3,(H,17,18). The average Bonchev–Trinajstić information content (AvgIpc) is 2.82. The first-order chi connectivity index (χ1) is 9.88. The molecule has 0 saturated carbocycles. The number of carbonyl (C=O) groups is 1. The van der Waals surface area contributed by atoms with Crippen molar-refractivity contribution in [1.82, 2.24) is 4.98 Å². The number of nitrogens with one attached hydrogen (secondary N) is 1. The molecule has 2 rings (SSSR count). The monoisotopic (exact) mass is 311 g/mol. The Balaban J connectivity index is 2.33. The fraction of sp³-hybridized carbons (Fsp3) is 0.167. The zero-order chi connectivity index (χ0) is 15.6. The summed E-state index contributed by atoms with van der Waals surface area (Å²) in [6, 6.07) is 1.51. The van der Waals surface area contributed by atoms with Crippen LogP contribution in [0.3, 0.4) is 0 Å². The van der Waals surface area contributed by atoms with Crippen LogP contribution in [0.4, 0.5) is 15.8 Å². The number of halogens is 1. The van der Waals surface area contributed by atoms with Gasteiger partial charge >= 0.3 is 5.97 Å². The molecule has 1 aromatic carbocycles. The number of aromatic carboxylic acids is 1. The molecule has 7 nitrogen and oxygen atoms in total. The molecule has 21 heavy (non-hydrogen) atoms. The molecule has 2 aromatic rings. The highest BCUT2D eigenvalue weighted by Crippen LogP contribution is 2.28. The van der Waals surface area contributed by atoms with Crippen molar-refractivity contribution < 1.29 is 19.2 Å². The van der Waals surface area contributed by atoms with Crippen LogP contribution in [0.2, 0.25) is 0 Å². The van der Waals surface area contributed by atoms with Gasteiger partial charge in [0.15, 0.2) is 0 Å². The number of rotatable bonds is 5. The molecule has 0 fully saturated rings. The minimum atomic E-state index is -1.49. The van der Waals surface area contributed by atoms with Crippen molar-refractivity contribution in [3.63, 3.8) is 0 Å². The number of hydrogen-bond donors (Lipinski definition) is 2. The van der Waals surface area contributed by atoms with Gasteiger partial charge in [-0.15, -0.1) is 11.3 Å². The van der Waals surface area contributed by atoms with Gasteiger partial charge in [0, 0.05) is 11.1 Å². The SMILES string of the molecule is Cc1cnc(CNc2cc(C(=O)O)c(F)cc2[N+](=O)[O-])s1. The third-order valence-electron chi connectivity index (χ3n) is 2.61. The van der Waals surface area contributed by atoms with Crippen molar-refractivity contribution in [2.24, 2.45) is 0 Å². The van der Waals surface area contributed by atoms with E-state index in [-0.39, 0.29) is 12.2 Å². The second-order valence-corrected chi connectivity index (χ2v) is 5.45. The molecular formula is C12H10FN3O4S. The summed E-state index contributed by atoms with van der Waals surface area (Å²) in [5.74, 6) is -2.64. The van der Waals surface area contributed by atoms with Crippen molar-refractivity contribution in [1.29, 1.82) is 0 Å². The number of nitro groups is 1. The molecule has 0 unspecified atom stereocenters. The lowest BCUT2D eigenvalue weighted by molar-refractivity contribution is -0.384. The van der Waals surface area contributed by atoms with Crippen molar-refractivity contribution in [2.45, 2.75) is 13.5 Å². The Morgan fingerprint density at radius 2 is 2.29 bits per heavy atom. The Hall–Kier alpha value is -2.55. The van der Waals surface area contributed by atoms with Crippen LogP contribution in [0.1, 0.15) is 20.2 Å². The van der Waals surface area contributed by atoms with Crippen LogP contribution >= 0.6 is 11.3 Å². The van der Waals surface area contributed by atoms with Crippen LogP contribution < -0.4 is 5.32 Å². The number of nitro benzene ring substituents is 1. The summed E-state index contributed by atoms with van der Waals surface area (Å²) < 4.78 is 13.5. The lowest BCUT2D eigenvalue weighted by Gasteiger charge is -2.07. The number of carboxylic acids is 1. The van der Waals surface area contributed by atoms with Gasteiger partial charge in [0.1, 0.15) is 16.5 Å². The Kier molecular flexibility index (Phi) is 4.13. The van der Waals surface area contributed by atoms with E-state index >= 15 is 0 Å². The van der Waals surface area contributed by atoms with E-state index in [0.717, 1.165) is 10.9 Å². The minimum Gasteiger partial charge on any atom is -0.478 e. The van der Waals surface area contributed by atoms with Gasteiger partial charge in [0.05, 0.1) is 23.1 Å². The fourth-order valence-electron chi connectivity index (χ4n) is 1.67. The van der Waals surface area contributed by atoms with Crippen LogP contribution in [0.5, 0.6) is 0 Å². The second-order valence-electron chi connectivity index (χ2n) is 4.13. The largest absolute Gasteiger partial charge is 0.478 e. The summed E-state index contributed by atoms with van der Waals surface area (Å²) in [5, 5.41) is 23.2. The topological polar surface area (TPSA) is 105 Å². The maximum absolute atomic E-state index is 13.5. The van der Waals surface area contributed by atoms with Crippen LogP contribution in [0.25, 0.3) is 0 Å². The van der Waals surface area contributed by atoms with Gasteiger partial charge in [-0.05, 0) is 13.0 Å². The van der Waals surface area contributed by atoms with Crippen molar-refractivity contribution in [3.8, 4) is 0 Å². The molecule has 110 valence electrons. The van der Waals surface area contributed by atoms with E-state index in [2.05, 4.69) is 10.3 Å². The van der Waals surface area contributed by atoms with Gasteiger partial charge in [-0.2, -0.15) is 0 Å². The first-order valence-corrected chi connectivity index (χ1v) is 6.56. The van der Waals surface area contributed by atoms with Gasteiger partial charge in [0.25, 0.3) is 5.69 Å². The average molecular weight is 311 g/mol. The smallest absolute Gasteiger partial charge is 0.338 e. The van der Waals surface area contributed by atoms with E-state index < -0.39 is 28.0 Å². The first-order valence-electron chi connectivity index (χ1n) is 5.75. The number of carboxylic acid groups (broad SMARTS) is 1. The normalized spacial score (nSPS) is 10.4. The summed E-state index contributed by atoms with van der Waals surface area (Å²) in [6.07, 6.45) is 1.66. The number of aromatic nitrogens is 1. The number of hydrogen-bond acceptors (Lipinski definition) is 6. The molecule has 0 amide bonds. The van der Waals surface area contributed by atoms with Gasteiger partial charge in [-0.3, -0.25) is 10.1 Å². The van der Waals surface area contributed by atoms with Crippen LogP contribution in [-0.4, -0.2) is 21.0 Å². The molecule has 1 aromatic heterocycles. The lowest BCUT2D eigenvalue weighted by atomic mass is 10.1. The second kappa shape index (κ2) is 5.83. The van der Waals surface area contributed by atoms with Crippen LogP contribution in [-0.2, 0) is 6.54 Å². The number of nitrogens with zero attached hydrogens (tertiary/aromatic N) is 2. The first kappa shape index (κ1) is 14.9. The predicted octanol–water partition coefficient (Wildman–Crippen LogP) is 2.81. The molecule has 0 aliphatic carbocycles. The number of benzene rings is 1. The summed E-state index contributed by atoms with van der Waals surface area (Å²) in [5.41, 5.74) is -1.21. The molecular weight excluding hydrogens is 301 g/mol.